The van der Waals surface area contributed by atoms with E-state index in [-0.39, 0.29) is 0 Å². The molecular formula is C13H26N2. The zero-order valence-electron chi connectivity index (χ0n) is 10.7. The summed E-state index contributed by atoms with van der Waals surface area (Å²) < 4.78 is 0. The van der Waals surface area contributed by atoms with E-state index in [1.807, 2.05) is 0 Å². The Bertz CT molecular complexity index is 199. The molecule has 2 atom stereocenters. The molecule has 1 N–H and O–H groups in total. The van der Waals surface area contributed by atoms with E-state index in [0.29, 0.717) is 12.1 Å². The number of rotatable bonds is 3. The summed E-state index contributed by atoms with van der Waals surface area (Å²) in [6, 6.07) is 1.36. The molecule has 88 valence electrons. The summed E-state index contributed by atoms with van der Waals surface area (Å²) in [5, 5.41) is 3.65. The van der Waals surface area contributed by atoms with Crippen LogP contribution < -0.4 is 5.32 Å². The van der Waals surface area contributed by atoms with E-state index in [2.05, 4.69) is 50.1 Å². The average Bonchev–Trinajstić information content (AvgIpc) is 2.37. The second-order valence-corrected chi connectivity index (χ2v) is 4.97. The second kappa shape index (κ2) is 6.29. The van der Waals surface area contributed by atoms with Crippen LogP contribution in [0.4, 0.5) is 0 Å². The van der Waals surface area contributed by atoms with Crippen LogP contribution in [0.3, 0.4) is 0 Å². The molecule has 1 fully saturated rings. The fourth-order valence-corrected chi connectivity index (χ4v) is 2.10. The molecule has 0 spiro atoms. The van der Waals surface area contributed by atoms with Crippen molar-refractivity contribution in [3.63, 3.8) is 0 Å². The minimum atomic E-state index is 0.653. The minimum Gasteiger partial charge on any atom is -0.312 e. The smallest absolute Gasteiger partial charge is 0.0218 e. The lowest BCUT2D eigenvalue weighted by Gasteiger charge is -2.29. The van der Waals surface area contributed by atoms with Gasteiger partial charge in [-0.15, -0.1) is 0 Å². The fraction of sp³-hybridized carbons (Fsp3) is 0.846. The quantitative estimate of drug-likeness (QED) is 0.719. The highest BCUT2D eigenvalue weighted by atomic mass is 15.2. The largest absolute Gasteiger partial charge is 0.312 e. The molecule has 1 rings (SSSR count). The summed E-state index contributed by atoms with van der Waals surface area (Å²) in [7, 11) is 0. The van der Waals surface area contributed by atoms with E-state index in [1.165, 1.54) is 13.0 Å². The summed E-state index contributed by atoms with van der Waals surface area (Å²) >= 11 is 0. The lowest BCUT2D eigenvalue weighted by molar-refractivity contribution is 0.212. The molecule has 1 heterocycles. The Labute approximate surface area is 94.7 Å². The van der Waals surface area contributed by atoms with Gasteiger partial charge in [-0.25, -0.2) is 0 Å². The van der Waals surface area contributed by atoms with Gasteiger partial charge in [0.2, 0.25) is 0 Å². The van der Waals surface area contributed by atoms with Crippen molar-refractivity contribution in [2.45, 2.75) is 46.2 Å². The van der Waals surface area contributed by atoms with Crippen LogP contribution in [0.2, 0.25) is 0 Å². The Balaban J connectivity index is 2.56. The maximum atomic E-state index is 3.65. The van der Waals surface area contributed by atoms with Crippen LogP contribution in [0.1, 0.15) is 34.1 Å². The number of nitrogens with zero attached hydrogens (tertiary/aromatic N) is 1. The predicted molar refractivity (Wildman–Crippen MR) is 67.1 cm³/mol. The van der Waals surface area contributed by atoms with Gasteiger partial charge in [0.25, 0.3) is 0 Å². The highest BCUT2D eigenvalue weighted by Crippen LogP contribution is 2.13. The van der Waals surface area contributed by atoms with E-state index < -0.39 is 0 Å². The molecule has 0 aliphatic carbocycles. The monoisotopic (exact) mass is 210 g/mol. The van der Waals surface area contributed by atoms with Gasteiger partial charge >= 0.3 is 0 Å². The molecule has 0 aromatic carbocycles. The van der Waals surface area contributed by atoms with Crippen molar-refractivity contribution in [2.24, 2.45) is 5.92 Å². The van der Waals surface area contributed by atoms with Gasteiger partial charge in [-0.3, -0.25) is 4.90 Å². The van der Waals surface area contributed by atoms with Gasteiger partial charge in [-0.2, -0.15) is 0 Å². The SMILES string of the molecule is C/C=C/CN1CC(C(C)C)NCCC1C. The first kappa shape index (κ1) is 12.7. The molecule has 0 aromatic rings. The van der Waals surface area contributed by atoms with Crippen LogP contribution in [0.5, 0.6) is 0 Å². The first-order valence-electron chi connectivity index (χ1n) is 6.23. The van der Waals surface area contributed by atoms with Gasteiger partial charge in [0, 0.05) is 25.2 Å². The van der Waals surface area contributed by atoms with Crippen molar-refractivity contribution >= 4 is 0 Å². The van der Waals surface area contributed by atoms with Gasteiger partial charge < -0.3 is 5.32 Å². The van der Waals surface area contributed by atoms with Gasteiger partial charge in [-0.05, 0) is 32.7 Å². The van der Waals surface area contributed by atoms with E-state index in [9.17, 15) is 0 Å². The summed E-state index contributed by atoms with van der Waals surface area (Å²) in [5.41, 5.74) is 0. The molecule has 0 bridgehead atoms. The maximum absolute atomic E-state index is 3.65. The Morgan fingerprint density at radius 3 is 2.80 bits per heavy atom. The van der Waals surface area contributed by atoms with Crippen LogP contribution in [-0.2, 0) is 0 Å². The Morgan fingerprint density at radius 1 is 1.47 bits per heavy atom. The van der Waals surface area contributed by atoms with Crippen molar-refractivity contribution in [3.8, 4) is 0 Å². The molecule has 0 saturated carbocycles. The third-order valence-electron chi connectivity index (χ3n) is 3.40. The Kier molecular flexibility index (Phi) is 5.34. The fourth-order valence-electron chi connectivity index (χ4n) is 2.10. The first-order valence-corrected chi connectivity index (χ1v) is 6.23. The number of allylic oxidation sites excluding steroid dienone is 1. The number of nitrogens with one attached hydrogen (secondary N) is 1. The third-order valence-corrected chi connectivity index (χ3v) is 3.40. The summed E-state index contributed by atoms with van der Waals surface area (Å²) in [4.78, 5) is 2.59. The molecule has 15 heavy (non-hydrogen) atoms. The van der Waals surface area contributed by atoms with Crippen LogP contribution in [0.15, 0.2) is 12.2 Å². The van der Waals surface area contributed by atoms with Crippen molar-refractivity contribution in [1.82, 2.24) is 10.2 Å². The highest BCUT2D eigenvalue weighted by Gasteiger charge is 2.23. The van der Waals surface area contributed by atoms with Gasteiger partial charge in [-0.1, -0.05) is 26.0 Å². The standard InChI is InChI=1S/C13H26N2/c1-5-6-9-15-10-13(11(2)3)14-8-7-12(15)4/h5-6,11-14H,7-10H2,1-4H3/b6-5+. The lowest BCUT2D eigenvalue weighted by atomic mass is 10.0. The topological polar surface area (TPSA) is 15.3 Å². The molecule has 0 amide bonds. The van der Waals surface area contributed by atoms with Crippen molar-refractivity contribution in [1.29, 1.82) is 0 Å². The minimum absolute atomic E-state index is 0.653. The van der Waals surface area contributed by atoms with E-state index in [4.69, 9.17) is 0 Å². The molecular weight excluding hydrogens is 184 g/mol. The van der Waals surface area contributed by atoms with Gasteiger partial charge in [0.05, 0.1) is 0 Å². The highest BCUT2D eigenvalue weighted by molar-refractivity contribution is 4.88. The second-order valence-electron chi connectivity index (χ2n) is 4.97. The van der Waals surface area contributed by atoms with Crippen LogP contribution >= 0.6 is 0 Å². The van der Waals surface area contributed by atoms with Crippen LogP contribution in [0.25, 0.3) is 0 Å². The molecule has 0 aromatic heterocycles. The first-order chi connectivity index (χ1) is 7.15. The molecule has 2 nitrogen and oxygen atoms in total. The molecule has 2 heteroatoms. The zero-order chi connectivity index (χ0) is 11.3. The molecule has 2 unspecified atom stereocenters. The Hall–Kier alpha value is -0.340. The van der Waals surface area contributed by atoms with E-state index in [0.717, 1.165) is 19.0 Å². The van der Waals surface area contributed by atoms with Crippen molar-refractivity contribution < 1.29 is 0 Å². The van der Waals surface area contributed by atoms with Crippen molar-refractivity contribution in [3.05, 3.63) is 12.2 Å². The predicted octanol–water partition coefficient (Wildman–Crippen LogP) is 2.27. The van der Waals surface area contributed by atoms with E-state index in [1.54, 1.807) is 0 Å². The number of hydrogen-bond acceptors (Lipinski definition) is 2. The normalized spacial score (nSPS) is 29.9. The molecule has 1 aliphatic heterocycles. The van der Waals surface area contributed by atoms with Crippen LogP contribution in [-0.4, -0.2) is 36.6 Å². The zero-order valence-corrected chi connectivity index (χ0v) is 10.7. The molecule has 1 aliphatic rings. The third kappa shape index (κ3) is 3.96. The van der Waals surface area contributed by atoms with Crippen molar-refractivity contribution in [2.75, 3.05) is 19.6 Å². The summed E-state index contributed by atoms with van der Waals surface area (Å²) in [6.45, 7) is 12.5. The summed E-state index contributed by atoms with van der Waals surface area (Å²) in [6.07, 6.45) is 5.68. The van der Waals surface area contributed by atoms with E-state index >= 15 is 0 Å². The Morgan fingerprint density at radius 2 is 2.20 bits per heavy atom. The molecule has 0 radical (unpaired) electrons. The average molecular weight is 210 g/mol. The lowest BCUT2D eigenvalue weighted by Crippen LogP contribution is -2.42. The van der Waals surface area contributed by atoms with Gasteiger partial charge in [0.15, 0.2) is 0 Å². The number of hydrogen-bond donors (Lipinski definition) is 1. The van der Waals surface area contributed by atoms with Gasteiger partial charge in [0.1, 0.15) is 0 Å². The summed E-state index contributed by atoms with van der Waals surface area (Å²) in [5.74, 6) is 0.725. The van der Waals surface area contributed by atoms with Crippen LogP contribution in [0, 0.1) is 5.92 Å². The maximum Gasteiger partial charge on any atom is 0.0218 e. The molecule has 1 saturated heterocycles.